The van der Waals surface area contributed by atoms with Crippen LogP contribution in [0.3, 0.4) is 0 Å². The molecule has 0 saturated carbocycles. The molecule has 0 aliphatic carbocycles. The zero-order valence-electron chi connectivity index (χ0n) is 16.8. The summed E-state index contributed by atoms with van der Waals surface area (Å²) >= 11 is 1.46. The summed E-state index contributed by atoms with van der Waals surface area (Å²) in [6.07, 6.45) is 3.84. The van der Waals surface area contributed by atoms with Gasteiger partial charge in [0.2, 0.25) is 11.1 Å². The van der Waals surface area contributed by atoms with Crippen molar-refractivity contribution >= 4 is 29.3 Å². The number of anilines is 2. The second kappa shape index (κ2) is 7.75. The third kappa shape index (κ3) is 3.53. The summed E-state index contributed by atoms with van der Waals surface area (Å²) in [5.74, 6) is 0.419. The highest BCUT2D eigenvalue weighted by Crippen LogP contribution is 2.35. The van der Waals surface area contributed by atoms with Gasteiger partial charge in [0, 0.05) is 24.1 Å². The molecule has 1 amide bonds. The Labute approximate surface area is 173 Å². The average Bonchev–Trinajstić information content (AvgIpc) is 3.35. The number of allylic oxidation sites excluding steroid dienone is 1. The van der Waals surface area contributed by atoms with Gasteiger partial charge in [0.05, 0.1) is 11.3 Å². The zero-order valence-corrected chi connectivity index (χ0v) is 17.6. The van der Waals surface area contributed by atoms with E-state index in [-0.39, 0.29) is 5.91 Å². The lowest BCUT2D eigenvalue weighted by atomic mass is 9.99. The van der Waals surface area contributed by atoms with Crippen molar-refractivity contribution in [2.75, 3.05) is 16.9 Å². The maximum atomic E-state index is 13.4. The highest BCUT2D eigenvalue weighted by Gasteiger charge is 2.35. The summed E-state index contributed by atoms with van der Waals surface area (Å²) in [5.41, 5.74) is 3.84. The van der Waals surface area contributed by atoms with E-state index >= 15 is 0 Å². The maximum Gasteiger partial charge on any atom is 0.255 e. The molecular weight excluding hydrogens is 386 g/mol. The molecule has 3 aromatic rings. The van der Waals surface area contributed by atoms with Crippen molar-refractivity contribution in [1.29, 1.82) is 0 Å². The predicted octanol–water partition coefficient (Wildman–Crippen LogP) is 3.45. The summed E-state index contributed by atoms with van der Waals surface area (Å²) in [6, 6.07) is 9.19. The van der Waals surface area contributed by atoms with E-state index in [1.807, 2.05) is 68.2 Å². The van der Waals surface area contributed by atoms with Gasteiger partial charge in [-0.25, -0.2) is 4.68 Å². The molecule has 150 valence electrons. The van der Waals surface area contributed by atoms with E-state index in [0.717, 1.165) is 29.2 Å². The molecule has 1 aliphatic rings. The second-order valence-electron chi connectivity index (χ2n) is 6.80. The summed E-state index contributed by atoms with van der Waals surface area (Å²) < 4.78 is 3.59. The Morgan fingerprint density at radius 2 is 2.03 bits per heavy atom. The molecule has 8 nitrogen and oxygen atoms in total. The molecule has 2 aromatic heterocycles. The maximum absolute atomic E-state index is 13.4. The number of benzene rings is 1. The number of nitrogens with zero attached hydrogens (tertiary/aromatic N) is 5. The molecule has 3 heterocycles. The van der Waals surface area contributed by atoms with Crippen LogP contribution in [-0.2, 0) is 11.3 Å². The quantitative estimate of drug-likeness (QED) is 0.628. The lowest BCUT2D eigenvalue weighted by molar-refractivity contribution is -0.113. The van der Waals surface area contributed by atoms with Crippen molar-refractivity contribution in [2.45, 2.75) is 38.5 Å². The zero-order chi connectivity index (χ0) is 20.5. The van der Waals surface area contributed by atoms with Crippen molar-refractivity contribution in [1.82, 2.24) is 24.5 Å². The molecule has 0 bridgehead atoms. The number of carbonyl (C=O) groups is 1. The molecular formula is C20H23N7OS. The number of aryl methyl sites for hydroxylation is 2. The lowest BCUT2D eigenvalue weighted by Crippen LogP contribution is -2.32. The minimum absolute atomic E-state index is 0.188. The van der Waals surface area contributed by atoms with Crippen molar-refractivity contribution in [3.05, 3.63) is 59.1 Å². The van der Waals surface area contributed by atoms with Crippen LogP contribution in [0.15, 0.2) is 53.0 Å². The Kier molecular flexibility index (Phi) is 5.14. The minimum Gasteiger partial charge on any atom is -0.328 e. The van der Waals surface area contributed by atoms with Crippen molar-refractivity contribution in [2.24, 2.45) is 0 Å². The van der Waals surface area contributed by atoms with E-state index in [0.29, 0.717) is 16.7 Å². The fourth-order valence-electron chi connectivity index (χ4n) is 3.39. The van der Waals surface area contributed by atoms with Gasteiger partial charge in [-0.3, -0.25) is 9.48 Å². The molecule has 1 atom stereocenters. The predicted molar refractivity (Wildman–Crippen MR) is 114 cm³/mol. The molecule has 1 unspecified atom stereocenters. The molecule has 0 spiro atoms. The van der Waals surface area contributed by atoms with Crippen LogP contribution in [0.4, 0.5) is 11.6 Å². The largest absolute Gasteiger partial charge is 0.328 e. The average molecular weight is 410 g/mol. The Bertz CT molecular complexity index is 1100. The molecule has 0 fully saturated rings. The molecule has 29 heavy (non-hydrogen) atoms. The first-order chi connectivity index (χ1) is 14.0. The van der Waals surface area contributed by atoms with E-state index in [1.165, 1.54) is 11.8 Å². The van der Waals surface area contributed by atoms with Crippen LogP contribution in [0.2, 0.25) is 0 Å². The Hall–Kier alpha value is -3.07. The molecule has 9 heteroatoms. The van der Waals surface area contributed by atoms with Gasteiger partial charge in [0.15, 0.2) is 0 Å². The molecule has 4 rings (SSSR count). The third-order valence-corrected chi connectivity index (χ3v) is 5.46. The summed E-state index contributed by atoms with van der Waals surface area (Å²) in [5, 5.41) is 16.2. The Balaban J connectivity index is 1.78. The number of para-hydroxylation sites is 1. The highest BCUT2D eigenvalue weighted by molar-refractivity contribution is 7.98. The lowest BCUT2D eigenvalue weighted by Gasteiger charge is -2.27. The molecule has 1 aliphatic heterocycles. The monoisotopic (exact) mass is 409 g/mol. The second-order valence-corrected chi connectivity index (χ2v) is 7.57. The smallest absolute Gasteiger partial charge is 0.255 e. The van der Waals surface area contributed by atoms with Gasteiger partial charge >= 0.3 is 0 Å². The fourth-order valence-corrected chi connectivity index (χ4v) is 3.73. The van der Waals surface area contributed by atoms with Gasteiger partial charge in [-0.2, -0.15) is 10.1 Å². The number of nitrogens with one attached hydrogen (secondary N) is 2. The van der Waals surface area contributed by atoms with Gasteiger partial charge in [-0.1, -0.05) is 30.0 Å². The number of hydrogen-bond donors (Lipinski definition) is 2. The topological polar surface area (TPSA) is 89.7 Å². The fraction of sp³-hybridized carbons (Fsp3) is 0.300. The first kappa shape index (κ1) is 19.3. The number of aromatic nitrogens is 5. The summed E-state index contributed by atoms with van der Waals surface area (Å²) in [6.45, 7) is 6.63. The van der Waals surface area contributed by atoms with Crippen LogP contribution >= 0.6 is 11.8 Å². The van der Waals surface area contributed by atoms with Crippen LogP contribution in [0.25, 0.3) is 0 Å². The van der Waals surface area contributed by atoms with Gasteiger partial charge < -0.3 is 10.6 Å². The Morgan fingerprint density at radius 3 is 2.72 bits per heavy atom. The SMILES string of the molecule is CCn1ccc(C2C(C(=O)Nc3ccccc3C)=C(C)Nc3nc(SC)nn32)n1. The first-order valence-corrected chi connectivity index (χ1v) is 10.6. The Morgan fingerprint density at radius 1 is 1.24 bits per heavy atom. The first-order valence-electron chi connectivity index (χ1n) is 9.40. The van der Waals surface area contributed by atoms with Crippen LogP contribution in [0, 0.1) is 6.92 Å². The molecule has 1 aromatic carbocycles. The van der Waals surface area contributed by atoms with Crippen molar-refractivity contribution in [3.63, 3.8) is 0 Å². The van der Waals surface area contributed by atoms with E-state index in [9.17, 15) is 4.79 Å². The van der Waals surface area contributed by atoms with Crippen LogP contribution < -0.4 is 10.6 Å². The van der Waals surface area contributed by atoms with E-state index in [4.69, 9.17) is 0 Å². The van der Waals surface area contributed by atoms with Crippen LogP contribution in [-0.4, -0.2) is 36.7 Å². The van der Waals surface area contributed by atoms with Gasteiger partial charge in [-0.05, 0) is 44.7 Å². The van der Waals surface area contributed by atoms with E-state index in [2.05, 4.69) is 25.8 Å². The van der Waals surface area contributed by atoms with Gasteiger partial charge in [0.1, 0.15) is 6.04 Å². The minimum atomic E-state index is -0.462. The molecule has 0 saturated heterocycles. The van der Waals surface area contributed by atoms with Crippen LogP contribution in [0.1, 0.15) is 31.1 Å². The number of amides is 1. The standard InChI is InChI=1S/C20H23N7OS/c1-5-26-11-10-15(24-26)17-16(18(28)22-14-9-7-6-8-12(14)2)13(3)21-19-23-20(29-4)25-27(17)19/h6-11,17H,5H2,1-4H3,(H,22,28)(H,21,23,25). The number of hydrogen-bond acceptors (Lipinski definition) is 6. The number of carbonyl (C=O) groups excluding carboxylic acids is 1. The van der Waals surface area contributed by atoms with E-state index in [1.54, 1.807) is 4.68 Å². The third-order valence-electron chi connectivity index (χ3n) is 4.92. The van der Waals surface area contributed by atoms with Gasteiger partial charge in [0.25, 0.3) is 5.91 Å². The van der Waals surface area contributed by atoms with Crippen molar-refractivity contribution < 1.29 is 4.79 Å². The van der Waals surface area contributed by atoms with Gasteiger partial charge in [-0.15, -0.1) is 5.10 Å². The number of thioether (sulfide) groups is 1. The summed E-state index contributed by atoms with van der Waals surface area (Å²) in [7, 11) is 0. The van der Waals surface area contributed by atoms with E-state index < -0.39 is 6.04 Å². The number of rotatable bonds is 5. The summed E-state index contributed by atoms with van der Waals surface area (Å²) in [4.78, 5) is 17.9. The van der Waals surface area contributed by atoms with Crippen molar-refractivity contribution in [3.8, 4) is 0 Å². The number of fused-ring (bicyclic) bond motifs is 1. The molecule has 0 radical (unpaired) electrons. The normalized spacial score (nSPS) is 15.8. The highest BCUT2D eigenvalue weighted by atomic mass is 32.2. The van der Waals surface area contributed by atoms with Crippen LogP contribution in [0.5, 0.6) is 0 Å². The molecule has 2 N–H and O–H groups in total.